The lowest BCUT2D eigenvalue weighted by Gasteiger charge is -2.47. The smallest absolute Gasteiger partial charge is 0.303 e. The molecule has 2 aliphatic rings. The number of hydrogen-bond donors (Lipinski definition) is 5. The van der Waals surface area contributed by atoms with E-state index in [1.807, 2.05) is 0 Å². The largest absolute Gasteiger partial charge is 0.508 e. The van der Waals surface area contributed by atoms with Crippen LogP contribution in [0.2, 0.25) is 0 Å². The average molecular weight is 691 g/mol. The van der Waals surface area contributed by atoms with Crippen LogP contribution in [0.4, 0.5) is 0 Å². The summed E-state index contributed by atoms with van der Waals surface area (Å²) in [4.78, 5) is 37.3. The summed E-state index contributed by atoms with van der Waals surface area (Å²) in [6.07, 6.45) is -15.4. The molecule has 5 N–H and O–H groups in total. The molecule has 0 aliphatic carbocycles. The molecule has 10 atom stereocenters. The predicted octanol–water partition coefficient (Wildman–Crippen LogP) is 0.691. The Kier molecular flexibility index (Phi) is 10.8. The van der Waals surface area contributed by atoms with Crippen LogP contribution < -0.4 is 14.9 Å². The van der Waals surface area contributed by atoms with Crippen LogP contribution in [0.25, 0.3) is 22.3 Å². The highest BCUT2D eigenvalue weighted by atomic mass is 16.7. The van der Waals surface area contributed by atoms with Gasteiger partial charge in [0.25, 0.3) is 0 Å². The molecule has 49 heavy (non-hydrogen) atoms. The molecule has 5 rings (SSSR count). The van der Waals surface area contributed by atoms with Gasteiger partial charge in [0.15, 0.2) is 17.8 Å². The number of fused-ring (bicyclic) bond motifs is 1. The van der Waals surface area contributed by atoms with Crippen molar-refractivity contribution in [1.82, 2.24) is 0 Å². The van der Waals surface area contributed by atoms with Gasteiger partial charge in [-0.15, -0.1) is 0 Å². The number of aromatic hydroxyl groups is 1. The van der Waals surface area contributed by atoms with E-state index in [1.54, 1.807) is 12.1 Å². The standard InChI is InChI=1S/C33H38O16/c1-13-25(38)27(40)32(46-15(3)35)33(45-13)49-31-28(41)26(39)22(12-44-14(2)34)48-30(31)24-20(42-4)11-21-23(29(24)43-5)18(37)10-19(47-21)16-6-8-17(36)9-7-16/h6-11,13,22,25-28,30-33,36,38-41H,12H2,1-5H3/t13-,22-,25-,26-,27-,28-,30+,31-,32-,33+/m0/s1. The summed E-state index contributed by atoms with van der Waals surface area (Å²) in [5.74, 6) is -1.43. The first-order valence-electron chi connectivity index (χ1n) is 15.3. The lowest BCUT2D eigenvalue weighted by atomic mass is 9.89. The zero-order valence-electron chi connectivity index (χ0n) is 27.2. The number of aliphatic hydroxyl groups is 4. The monoisotopic (exact) mass is 690 g/mol. The van der Waals surface area contributed by atoms with Crippen LogP contribution >= 0.6 is 0 Å². The first-order valence-corrected chi connectivity index (χ1v) is 15.3. The first kappa shape index (κ1) is 36.0. The third kappa shape index (κ3) is 7.21. The Morgan fingerprint density at radius 2 is 1.53 bits per heavy atom. The van der Waals surface area contributed by atoms with E-state index in [0.717, 1.165) is 13.8 Å². The lowest BCUT2D eigenvalue weighted by Crippen LogP contribution is -2.62. The van der Waals surface area contributed by atoms with E-state index in [1.165, 1.54) is 45.4 Å². The molecule has 2 saturated heterocycles. The van der Waals surface area contributed by atoms with Crippen molar-refractivity contribution >= 4 is 22.9 Å². The van der Waals surface area contributed by atoms with Crippen molar-refractivity contribution in [2.45, 2.75) is 82.0 Å². The van der Waals surface area contributed by atoms with Gasteiger partial charge in [0.1, 0.15) is 83.3 Å². The fourth-order valence-corrected chi connectivity index (χ4v) is 5.94. The normalized spacial score (nSPS) is 30.1. The summed E-state index contributed by atoms with van der Waals surface area (Å²) >= 11 is 0. The van der Waals surface area contributed by atoms with Crippen molar-refractivity contribution in [1.29, 1.82) is 0 Å². The van der Waals surface area contributed by atoms with E-state index in [0.29, 0.717) is 5.56 Å². The minimum absolute atomic E-state index is 0.0134. The van der Waals surface area contributed by atoms with Gasteiger partial charge < -0.3 is 63.1 Å². The van der Waals surface area contributed by atoms with Gasteiger partial charge in [-0.1, -0.05) is 0 Å². The van der Waals surface area contributed by atoms with Gasteiger partial charge in [-0.25, -0.2) is 0 Å². The molecule has 0 spiro atoms. The molecule has 3 heterocycles. The topological polar surface area (TPSA) is 230 Å². The Morgan fingerprint density at radius 3 is 2.14 bits per heavy atom. The number of aliphatic hydroxyl groups excluding tert-OH is 4. The minimum atomic E-state index is -1.82. The molecule has 1 aromatic heterocycles. The second kappa shape index (κ2) is 14.7. The van der Waals surface area contributed by atoms with E-state index in [-0.39, 0.29) is 39.5 Å². The molecule has 0 saturated carbocycles. The highest BCUT2D eigenvalue weighted by Gasteiger charge is 2.53. The molecule has 0 amide bonds. The Hall–Kier alpha value is -4.29. The van der Waals surface area contributed by atoms with Gasteiger partial charge in [0.05, 0.1) is 25.9 Å². The van der Waals surface area contributed by atoms with E-state index in [2.05, 4.69) is 0 Å². The van der Waals surface area contributed by atoms with Crippen LogP contribution in [0.1, 0.15) is 32.4 Å². The zero-order chi connectivity index (χ0) is 35.7. The highest BCUT2D eigenvalue weighted by molar-refractivity contribution is 5.88. The van der Waals surface area contributed by atoms with Gasteiger partial charge in [-0.3, -0.25) is 14.4 Å². The summed E-state index contributed by atoms with van der Waals surface area (Å²) < 4.78 is 45.9. The summed E-state index contributed by atoms with van der Waals surface area (Å²) in [5, 5.41) is 53.4. The quantitative estimate of drug-likeness (QED) is 0.195. The highest BCUT2D eigenvalue weighted by Crippen LogP contribution is 2.47. The van der Waals surface area contributed by atoms with Gasteiger partial charge in [0, 0.05) is 31.5 Å². The number of carbonyl (C=O) groups is 2. The maximum Gasteiger partial charge on any atom is 0.303 e. The molecular formula is C33H38O16. The number of rotatable bonds is 9. The second-order valence-corrected chi connectivity index (χ2v) is 11.7. The van der Waals surface area contributed by atoms with Crippen molar-refractivity contribution in [3.8, 4) is 28.6 Å². The fraction of sp³-hybridized carbons (Fsp3) is 0.485. The van der Waals surface area contributed by atoms with Crippen molar-refractivity contribution in [3.05, 3.63) is 52.2 Å². The number of phenolic OH excluding ortho intramolecular Hbond substituents is 1. The van der Waals surface area contributed by atoms with Crippen molar-refractivity contribution in [3.63, 3.8) is 0 Å². The van der Waals surface area contributed by atoms with Gasteiger partial charge >= 0.3 is 11.9 Å². The maximum absolute atomic E-state index is 13.7. The first-order chi connectivity index (χ1) is 23.2. The summed E-state index contributed by atoms with van der Waals surface area (Å²) in [5.41, 5.74) is -0.00853. The number of phenols is 1. The zero-order valence-corrected chi connectivity index (χ0v) is 27.2. The number of ether oxygens (including phenoxy) is 7. The lowest BCUT2D eigenvalue weighted by molar-refractivity contribution is -0.339. The maximum atomic E-state index is 13.7. The van der Waals surface area contributed by atoms with Crippen LogP contribution in [0, 0.1) is 0 Å². The molecule has 2 aliphatic heterocycles. The number of methoxy groups -OCH3 is 2. The van der Waals surface area contributed by atoms with Gasteiger partial charge in [-0.2, -0.15) is 0 Å². The van der Waals surface area contributed by atoms with Crippen LogP contribution in [-0.2, 0) is 33.3 Å². The van der Waals surface area contributed by atoms with E-state index in [4.69, 9.17) is 37.6 Å². The molecule has 0 radical (unpaired) electrons. The van der Waals surface area contributed by atoms with Gasteiger partial charge in [0.2, 0.25) is 0 Å². The Morgan fingerprint density at radius 1 is 0.857 bits per heavy atom. The Balaban J connectivity index is 1.66. The second-order valence-electron chi connectivity index (χ2n) is 11.7. The van der Waals surface area contributed by atoms with Crippen LogP contribution in [-0.4, -0.2) is 113 Å². The molecule has 3 aromatic rings. The molecule has 266 valence electrons. The summed E-state index contributed by atoms with van der Waals surface area (Å²) in [6, 6.07) is 8.58. The van der Waals surface area contributed by atoms with Crippen molar-refractivity contribution < 1.29 is 72.7 Å². The average Bonchev–Trinajstić information content (AvgIpc) is 3.06. The predicted molar refractivity (Wildman–Crippen MR) is 166 cm³/mol. The number of esters is 2. The number of benzene rings is 2. The number of carbonyl (C=O) groups excluding carboxylic acids is 2. The number of hydrogen-bond acceptors (Lipinski definition) is 16. The summed E-state index contributed by atoms with van der Waals surface area (Å²) in [6.45, 7) is 3.16. The molecule has 16 nitrogen and oxygen atoms in total. The molecule has 2 aromatic carbocycles. The fourth-order valence-electron chi connectivity index (χ4n) is 5.94. The third-order valence-corrected chi connectivity index (χ3v) is 8.35. The Bertz CT molecular complexity index is 1720. The molecule has 2 fully saturated rings. The molecule has 16 heteroatoms. The SMILES string of the molecule is COc1cc2oc(-c3ccc(O)cc3)cc(=O)c2c(OC)c1[C@H]1O[C@@H](COC(C)=O)[C@H](O)[C@H](O)[C@@H]1O[C@H]1O[C@@H](C)[C@H](O)[C@H](O)[C@@H]1OC(C)=O. The van der Waals surface area contributed by atoms with Crippen LogP contribution in [0.3, 0.4) is 0 Å². The van der Waals surface area contributed by atoms with Crippen LogP contribution in [0.5, 0.6) is 17.2 Å². The molecule has 0 unspecified atom stereocenters. The van der Waals surface area contributed by atoms with E-state index in [9.17, 15) is 39.9 Å². The van der Waals surface area contributed by atoms with Crippen LogP contribution in [0.15, 0.2) is 45.6 Å². The molecular weight excluding hydrogens is 652 g/mol. The Labute approximate surface area is 279 Å². The van der Waals surface area contributed by atoms with Crippen molar-refractivity contribution in [2.75, 3.05) is 20.8 Å². The van der Waals surface area contributed by atoms with Crippen molar-refractivity contribution in [2.24, 2.45) is 0 Å². The van der Waals surface area contributed by atoms with E-state index < -0.39 is 85.2 Å². The summed E-state index contributed by atoms with van der Waals surface area (Å²) in [7, 11) is 2.58. The molecule has 0 bridgehead atoms. The third-order valence-electron chi connectivity index (χ3n) is 8.35. The van der Waals surface area contributed by atoms with E-state index >= 15 is 0 Å². The van der Waals surface area contributed by atoms with Gasteiger partial charge in [-0.05, 0) is 31.2 Å². The minimum Gasteiger partial charge on any atom is -0.508 e.